The van der Waals surface area contributed by atoms with Crippen LogP contribution in [0.5, 0.6) is 0 Å². The lowest BCUT2D eigenvalue weighted by Crippen LogP contribution is -2.40. The Morgan fingerprint density at radius 1 is 1.45 bits per heavy atom. The van der Waals surface area contributed by atoms with Gasteiger partial charge in [-0.15, -0.1) is 0 Å². The molecule has 106 valence electrons. The summed E-state index contributed by atoms with van der Waals surface area (Å²) in [5.74, 6) is -1.60. The summed E-state index contributed by atoms with van der Waals surface area (Å²) in [6.07, 6.45) is 1.35. The molecule has 0 aliphatic carbocycles. The van der Waals surface area contributed by atoms with E-state index < -0.39 is 17.9 Å². The Morgan fingerprint density at radius 3 is 2.85 bits per heavy atom. The lowest BCUT2D eigenvalue weighted by Gasteiger charge is -2.13. The molecule has 0 radical (unpaired) electrons. The zero-order chi connectivity index (χ0) is 14.7. The van der Waals surface area contributed by atoms with Crippen LogP contribution in [0.25, 0.3) is 0 Å². The van der Waals surface area contributed by atoms with E-state index in [1.165, 1.54) is 0 Å². The Morgan fingerprint density at radius 2 is 2.20 bits per heavy atom. The molecule has 0 saturated heterocycles. The molecule has 1 aliphatic rings. The van der Waals surface area contributed by atoms with Crippen LogP contribution in [0.1, 0.15) is 35.7 Å². The van der Waals surface area contributed by atoms with Gasteiger partial charge in [0.05, 0.1) is 6.42 Å². The number of aliphatic carboxylic acids is 1. The lowest BCUT2D eigenvalue weighted by atomic mass is 10.1. The number of benzene rings is 1. The minimum atomic E-state index is -1.05. The molecule has 1 aromatic rings. The van der Waals surface area contributed by atoms with Gasteiger partial charge in [0.15, 0.2) is 0 Å². The van der Waals surface area contributed by atoms with Crippen molar-refractivity contribution < 1.29 is 19.5 Å². The van der Waals surface area contributed by atoms with Crippen LogP contribution in [-0.4, -0.2) is 28.9 Å². The predicted octanol–water partition coefficient (Wildman–Crippen LogP) is 1.16. The maximum Gasteiger partial charge on any atom is 0.326 e. The van der Waals surface area contributed by atoms with Crippen molar-refractivity contribution >= 4 is 23.5 Å². The second kappa shape index (κ2) is 5.73. The van der Waals surface area contributed by atoms with Crippen LogP contribution in [0.3, 0.4) is 0 Å². The lowest BCUT2D eigenvalue weighted by molar-refractivity contribution is -0.139. The van der Waals surface area contributed by atoms with E-state index in [4.69, 9.17) is 5.11 Å². The Labute approximate surface area is 116 Å². The average molecular weight is 276 g/mol. The molecule has 0 fully saturated rings. The second-order valence-corrected chi connectivity index (χ2v) is 4.75. The summed E-state index contributed by atoms with van der Waals surface area (Å²) in [7, 11) is 0. The molecule has 0 saturated carbocycles. The summed E-state index contributed by atoms with van der Waals surface area (Å²) in [5, 5.41) is 14.2. The highest BCUT2D eigenvalue weighted by Gasteiger charge is 2.22. The highest BCUT2D eigenvalue weighted by molar-refractivity contribution is 6.02. The Bertz CT molecular complexity index is 568. The number of rotatable bonds is 5. The Hall–Kier alpha value is -2.37. The van der Waals surface area contributed by atoms with Crippen LogP contribution < -0.4 is 10.6 Å². The first-order valence-electron chi connectivity index (χ1n) is 6.47. The maximum absolute atomic E-state index is 12.0. The third-order valence-electron chi connectivity index (χ3n) is 3.18. The number of hydrogen-bond acceptors (Lipinski definition) is 3. The summed E-state index contributed by atoms with van der Waals surface area (Å²) in [4.78, 5) is 34.3. The molecule has 1 aliphatic heterocycles. The predicted molar refractivity (Wildman–Crippen MR) is 72.6 cm³/mol. The average Bonchev–Trinajstić information content (AvgIpc) is 2.76. The fraction of sp³-hybridized carbons (Fsp3) is 0.357. The van der Waals surface area contributed by atoms with E-state index in [2.05, 4.69) is 10.6 Å². The van der Waals surface area contributed by atoms with Gasteiger partial charge < -0.3 is 15.7 Å². The SMILES string of the molecule is CCC[C@@H](NC(=O)c1ccc2c(c1)NC(=O)C2)C(=O)O. The van der Waals surface area contributed by atoms with E-state index in [9.17, 15) is 14.4 Å². The second-order valence-electron chi connectivity index (χ2n) is 4.75. The normalized spacial score (nSPS) is 14.3. The summed E-state index contributed by atoms with van der Waals surface area (Å²) in [5.41, 5.74) is 1.80. The van der Waals surface area contributed by atoms with Crippen molar-refractivity contribution in [2.24, 2.45) is 0 Å². The highest BCUT2D eigenvalue weighted by atomic mass is 16.4. The smallest absolute Gasteiger partial charge is 0.326 e. The number of nitrogens with one attached hydrogen (secondary N) is 2. The number of amides is 2. The minimum Gasteiger partial charge on any atom is -0.480 e. The third-order valence-corrected chi connectivity index (χ3v) is 3.18. The first-order valence-corrected chi connectivity index (χ1v) is 6.47. The van der Waals surface area contributed by atoms with Crippen LogP contribution in [0.4, 0.5) is 5.69 Å². The molecule has 0 aromatic heterocycles. The number of fused-ring (bicyclic) bond motifs is 1. The van der Waals surface area contributed by atoms with E-state index in [-0.39, 0.29) is 5.91 Å². The first-order chi connectivity index (χ1) is 9.51. The fourth-order valence-corrected chi connectivity index (χ4v) is 2.14. The molecule has 2 rings (SSSR count). The molecule has 1 heterocycles. The molecular weight excluding hydrogens is 260 g/mol. The van der Waals surface area contributed by atoms with Gasteiger partial charge in [-0.05, 0) is 24.1 Å². The van der Waals surface area contributed by atoms with E-state index in [0.717, 1.165) is 5.56 Å². The van der Waals surface area contributed by atoms with E-state index in [0.29, 0.717) is 30.5 Å². The van der Waals surface area contributed by atoms with Gasteiger partial charge in [-0.25, -0.2) is 4.79 Å². The zero-order valence-corrected chi connectivity index (χ0v) is 11.1. The molecule has 2 amide bonds. The van der Waals surface area contributed by atoms with Gasteiger partial charge in [0.25, 0.3) is 5.91 Å². The number of hydrogen-bond donors (Lipinski definition) is 3. The maximum atomic E-state index is 12.0. The van der Waals surface area contributed by atoms with Crippen LogP contribution >= 0.6 is 0 Å². The third kappa shape index (κ3) is 2.96. The molecule has 0 unspecified atom stereocenters. The number of carboxylic acid groups (broad SMARTS) is 1. The summed E-state index contributed by atoms with van der Waals surface area (Å²) >= 11 is 0. The highest BCUT2D eigenvalue weighted by Crippen LogP contribution is 2.24. The van der Waals surface area contributed by atoms with Crippen molar-refractivity contribution in [3.05, 3.63) is 29.3 Å². The van der Waals surface area contributed by atoms with Crippen molar-refractivity contribution in [2.45, 2.75) is 32.2 Å². The van der Waals surface area contributed by atoms with Crippen molar-refractivity contribution in [3.8, 4) is 0 Å². The van der Waals surface area contributed by atoms with Crippen molar-refractivity contribution in [1.82, 2.24) is 5.32 Å². The number of anilines is 1. The number of carboxylic acids is 1. The van der Waals surface area contributed by atoms with Crippen LogP contribution in [0.2, 0.25) is 0 Å². The minimum absolute atomic E-state index is 0.105. The monoisotopic (exact) mass is 276 g/mol. The van der Waals surface area contributed by atoms with Crippen molar-refractivity contribution in [3.63, 3.8) is 0 Å². The standard InChI is InChI=1S/C14H16N2O4/c1-2-3-10(14(19)20)16-13(18)9-5-4-8-7-12(17)15-11(8)6-9/h4-6,10H,2-3,7H2,1H3,(H,15,17)(H,16,18)(H,19,20)/t10-/m1/s1. The molecule has 1 atom stereocenters. The van der Waals surface area contributed by atoms with Gasteiger partial charge >= 0.3 is 5.97 Å². The molecule has 0 bridgehead atoms. The molecule has 6 nitrogen and oxygen atoms in total. The summed E-state index contributed by atoms with van der Waals surface area (Å²) < 4.78 is 0. The van der Waals surface area contributed by atoms with E-state index in [1.54, 1.807) is 18.2 Å². The van der Waals surface area contributed by atoms with Gasteiger partial charge in [0.1, 0.15) is 6.04 Å². The van der Waals surface area contributed by atoms with Gasteiger partial charge in [-0.2, -0.15) is 0 Å². The van der Waals surface area contributed by atoms with Crippen LogP contribution in [0, 0.1) is 0 Å². The molecule has 6 heteroatoms. The molecule has 3 N–H and O–H groups in total. The Kier molecular flexibility index (Phi) is 4.02. The molecule has 20 heavy (non-hydrogen) atoms. The molecule has 0 spiro atoms. The molecular formula is C14H16N2O4. The Balaban J connectivity index is 2.12. The van der Waals surface area contributed by atoms with Gasteiger partial charge in [-0.3, -0.25) is 9.59 Å². The topological polar surface area (TPSA) is 95.5 Å². The van der Waals surface area contributed by atoms with Crippen LogP contribution in [-0.2, 0) is 16.0 Å². The first kappa shape index (κ1) is 14.0. The van der Waals surface area contributed by atoms with Crippen molar-refractivity contribution in [1.29, 1.82) is 0 Å². The van der Waals surface area contributed by atoms with Gasteiger partial charge in [0, 0.05) is 11.3 Å². The van der Waals surface area contributed by atoms with Gasteiger partial charge in [0.2, 0.25) is 5.91 Å². The quantitative estimate of drug-likeness (QED) is 0.752. The van der Waals surface area contributed by atoms with E-state index >= 15 is 0 Å². The van der Waals surface area contributed by atoms with Gasteiger partial charge in [-0.1, -0.05) is 19.4 Å². The fourth-order valence-electron chi connectivity index (χ4n) is 2.14. The number of carbonyl (C=O) groups excluding carboxylic acids is 2. The molecule has 1 aromatic carbocycles. The van der Waals surface area contributed by atoms with Crippen LogP contribution in [0.15, 0.2) is 18.2 Å². The zero-order valence-electron chi connectivity index (χ0n) is 11.1. The summed E-state index contributed by atoms with van der Waals surface area (Å²) in [6.45, 7) is 1.85. The summed E-state index contributed by atoms with van der Waals surface area (Å²) in [6, 6.07) is 3.98. The number of carbonyl (C=O) groups is 3. The largest absolute Gasteiger partial charge is 0.480 e. The van der Waals surface area contributed by atoms with E-state index in [1.807, 2.05) is 6.92 Å². The van der Waals surface area contributed by atoms with Crippen molar-refractivity contribution in [2.75, 3.05) is 5.32 Å².